The number of fused-ring (bicyclic) bond motifs is 2. The van der Waals surface area contributed by atoms with Crippen LogP contribution in [0.4, 0.5) is 0 Å². The molecule has 390 valence electrons. The van der Waals surface area contributed by atoms with Gasteiger partial charge in [0.15, 0.2) is 12.1 Å². The molecule has 1 amide bonds. The van der Waals surface area contributed by atoms with Gasteiger partial charge in [0.1, 0.15) is 12.2 Å². The van der Waals surface area contributed by atoms with Gasteiger partial charge in [0.05, 0.1) is 98.2 Å². The van der Waals surface area contributed by atoms with E-state index >= 15 is 0 Å². The summed E-state index contributed by atoms with van der Waals surface area (Å²) in [6.07, 6.45) is 6.29. The molecule has 3 heterocycles. The third-order valence-electron chi connectivity index (χ3n) is 12.9. The topological polar surface area (TPSA) is 332 Å². The van der Waals surface area contributed by atoms with Gasteiger partial charge in [-0.15, -0.1) is 0 Å². The van der Waals surface area contributed by atoms with Crippen LogP contribution in [0.15, 0.2) is 85.1 Å². The number of aliphatic hydroxyl groups excluding tert-OH is 10. The first kappa shape index (κ1) is 58.1. The van der Waals surface area contributed by atoms with Gasteiger partial charge in [-0.1, -0.05) is 92.0 Å². The summed E-state index contributed by atoms with van der Waals surface area (Å²) in [6.45, 7) is 3.20. The van der Waals surface area contributed by atoms with Gasteiger partial charge in [-0.3, -0.25) is 9.59 Å². The van der Waals surface area contributed by atoms with E-state index in [1.54, 1.807) is 61.6 Å². The first-order valence-corrected chi connectivity index (χ1v) is 24.2. The Hall–Kier alpha value is -3.48. The Labute approximate surface area is 404 Å². The van der Waals surface area contributed by atoms with E-state index in [9.17, 15) is 65.8 Å². The number of hydrogen-bond donors (Lipinski definition) is 13. The number of hydrogen-bond acceptors (Lipinski definition) is 18. The Kier molecular flexibility index (Phi) is 24.5. The van der Waals surface area contributed by atoms with Gasteiger partial charge in [0, 0.05) is 38.0 Å². The molecule has 2 saturated heterocycles. The molecule has 1 saturated carbocycles. The van der Waals surface area contributed by atoms with E-state index in [0.29, 0.717) is 19.3 Å². The van der Waals surface area contributed by atoms with E-state index in [-0.39, 0.29) is 44.6 Å². The molecule has 4 aliphatic rings. The van der Waals surface area contributed by atoms with Crippen LogP contribution in [0.25, 0.3) is 0 Å². The van der Waals surface area contributed by atoms with E-state index in [2.05, 4.69) is 5.32 Å². The molecular formula is C50H78N2O17. The third-order valence-corrected chi connectivity index (χ3v) is 12.9. The van der Waals surface area contributed by atoms with Crippen LogP contribution < -0.4 is 11.1 Å². The average Bonchev–Trinajstić information content (AvgIpc) is 3.67. The van der Waals surface area contributed by atoms with Gasteiger partial charge in [-0.05, 0) is 45.4 Å². The molecule has 0 aromatic heterocycles. The zero-order valence-corrected chi connectivity index (χ0v) is 39.6. The number of allylic oxidation sites excluding steroid dienone is 12. The van der Waals surface area contributed by atoms with Crippen molar-refractivity contribution in [3.05, 3.63) is 85.1 Å². The lowest BCUT2D eigenvalue weighted by molar-refractivity contribution is -0.304. The number of cyclic esters (lactones) is 1. The maximum absolute atomic E-state index is 13.9. The van der Waals surface area contributed by atoms with E-state index in [1.807, 2.05) is 37.3 Å². The van der Waals surface area contributed by atoms with Crippen molar-refractivity contribution in [3.8, 4) is 0 Å². The monoisotopic (exact) mass is 979 g/mol. The van der Waals surface area contributed by atoms with Gasteiger partial charge < -0.3 is 86.2 Å². The summed E-state index contributed by atoms with van der Waals surface area (Å²) < 4.78 is 23.3. The fraction of sp³-hybridized carbons (Fsp3) is 0.680. The van der Waals surface area contributed by atoms with Crippen LogP contribution in [0.3, 0.4) is 0 Å². The molecule has 69 heavy (non-hydrogen) atoms. The minimum absolute atomic E-state index is 0.0984. The number of aliphatic hydroxyl groups is 11. The molecule has 0 aromatic carbocycles. The Morgan fingerprint density at radius 3 is 1.91 bits per heavy atom. The van der Waals surface area contributed by atoms with Crippen molar-refractivity contribution in [3.63, 3.8) is 0 Å². The second-order valence-electron chi connectivity index (χ2n) is 19.0. The number of ether oxygens (including phenoxy) is 4. The largest absolute Gasteiger partial charge is 0.462 e. The van der Waals surface area contributed by atoms with E-state index in [4.69, 9.17) is 24.7 Å². The van der Waals surface area contributed by atoms with Gasteiger partial charge in [0.25, 0.3) is 0 Å². The second-order valence-corrected chi connectivity index (χ2v) is 19.0. The molecular weight excluding hydrogens is 901 g/mol. The summed E-state index contributed by atoms with van der Waals surface area (Å²) in [6, 6.07) is -1.71. The van der Waals surface area contributed by atoms with Gasteiger partial charge in [0.2, 0.25) is 5.91 Å². The molecule has 19 heteroatoms. The fourth-order valence-corrected chi connectivity index (χ4v) is 8.90. The lowest BCUT2D eigenvalue weighted by atomic mass is 9.82. The Balaban J connectivity index is 1.58. The highest BCUT2D eigenvalue weighted by atomic mass is 16.7. The van der Waals surface area contributed by atoms with Crippen LogP contribution in [0.2, 0.25) is 0 Å². The zero-order chi connectivity index (χ0) is 50.7. The van der Waals surface area contributed by atoms with Crippen LogP contribution in [-0.4, -0.2) is 178 Å². The number of nitrogens with two attached hydrogens (primary N) is 1. The number of rotatable bonds is 4. The SMILES string of the molecule is C[C@H]1C[C@H](O)[C@@H](C)/C=C/C=C/C=C/C=C/C=C/C=C/C=C/C(O[C@@H]2OC[C@@H](O)[C@H](N)[C@@H]2O)C[C@@H]2OC(O)(CC(O)CC(O)C(O)CCC(O)CC(O)CC(=O)O1)C[C@H](O)C2C(=O)N[C@@H]1CCCC1O. The molecule has 19 atom stereocenters. The van der Waals surface area contributed by atoms with Crippen molar-refractivity contribution in [2.45, 2.75) is 194 Å². The Morgan fingerprint density at radius 1 is 0.667 bits per heavy atom. The third kappa shape index (κ3) is 19.9. The highest BCUT2D eigenvalue weighted by Gasteiger charge is 2.51. The average molecular weight is 979 g/mol. The lowest BCUT2D eigenvalue weighted by Gasteiger charge is -2.46. The summed E-state index contributed by atoms with van der Waals surface area (Å²) in [5, 5.41) is 122. The molecule has 9 unspecified atom stereocenters. The van der Waals surface area contributed by atoms with Crippen LogP contribution >= 0.6 is 0 Å². The van der Waals surface area contributed by atoms with Crippen molar-refractivity contribution < 1.29 is 84.7 Å². The summed E-state index contributed by atoms with van der Waals surface area (Å²) >= 11 is 0. The molecule has 4 rings (SSSR count). The van der Waals surface area contributed by atoms with Gasteiger partial charge in [-0.2, -0.15) is 0 Å². The molecule has 19 nitrogen and oxygen atoms in total. The van der Waals surface area contributed by atoms with Crippen molar-refractivity contribution in [2.24, 2.45) is 17.6 Å². The van der Waals surface area contributed by atoms with Crippen molar-refractivity contribution in [1.82, 2.24) is 5.32 Å². The second kappa shape index (κ2) is 29.1. The number of amides is 1. The lowest BCUT2D eigenvalue weighted by Crippen LogP contribution is -2.60. The van der Waals surface area contributed by atoms with Crippen LogP contribution in [0, 0.1) is 11.8 Å². The Bertz CT molecular complexity index is 1770. The molecule has 3 fully saturated rings. The molecule has 0 aromatic rings. The number of esters is 1. The number of nitrogens with one attached hydrogen (secondary N) is 1. The molecule has 3 aliphatic heterocycles. The summed E-state index contributed by atoms with van der Waals surface area (Å²) in [4.78, 5) is 26.5. The van der Waals surface area contributed by atoms with Crippen molar-refractivity contribution in [2.75, 3.05) is 6.61 Å². The minimum atomic E-state index is -2.29. The number of carbonyl (C=O) groups is 2. The highest BCUT2D eigenvalue weighted by molar-refractivity contribution is 5.80. The summed E-state index contributed by atoms with van der Waals surface area (Å²) in [5.41, 5.74) is 6.02. The maximum Gasteiger partial charge on any atom is 0.308 e. The first-order chi connectivity index (χ1) is 32.7. The summed E-state index contributed by atoms with van der Waals surface area (Å²) in [7, 11) is 0. The molecule has 1 aliphatic carbocycles. The quantitative estimate of drug-likeness (QED) is 0.165. The van der Waals surface area contributed by atoms with Crippen LogP contribution in [0.5, 0.6) is 0 Å². The predicted octanol–water partition coefficient (Wildman–Crippen LogP) is 0.0222. The zero-order valence-electron chi connectivity index (χ0n) is 39.6. The van der Waals surface area contributed by atoms with Gasteiger partial charge in [-0.25, -0.2) is 0 Å². The molecule has 0 radical (unpaired) electrons. The van der Waals surface area contributed by atoms with Crippen LogP contribution in [0.1, 0.15) is 90.9 Å². The minimum Gasteiger partial charge on any atom is -0.462 e. The van der Waals surface area contributed by atoms with E-state index < -0.39 is 147 Å². The Morgan fingerprint density at radius 2 is 1.29 bits per heavy atom. The molecule has 0 spiro atoms. The standard InChI is InChI=1S/C50H78N2O17/c1-30-16-13-11-9-7-5-3-4-6-8-10-12-14-17-35(68-49-47(63)46(51)42(61)29-66-49)26-43-45(48(64)52-36-18-15-19-37(36)56)41(60)28-50(65,69-43)27-34(55)24-40(59)38(57)21-20-32(53)23-33(54)25-44(62)67-31(2)22-39(30)58/h3-14,16-17,30-43,45-47,49,53-61,63,65H,15,18-29,51H2,1-2H3,(H,52,64)/b4-3+,7-5+,8-6+,11-9+,12-10+,16-13+,17-14+/t30-,31-,32?,33?,34?,35?,36+,37?,38?,39-,40?,41-,42+,43-,45?,46-,47-,49-,50?/m0/s1. The fourth-order valence-electron chi connectivity index (χ4n) is 8.90. The van der Waals surface area contributed by atoms with Crippen molar-refractivity contribution >= 4 is 11.9 Å². The molecule has 14 N–H and O–H groups in total. The normalized spacial score (nSPS) is 44.6. The highest BCUT2D eigenvalue weighted by Crippen LogP contribution is 2.38. The van der Waals surface area contributed by atoms with Crippen LogP contribution in [-0.2, 0) is 28.5 Å². The summed E-state index contributed by atoms with van der Waals surface area (Å²) in [5.74, 6) is -5.28. The maximum atomic E-state index is 13.9. The molecule has 2 bridgehead atoms. The smallest absolute Gasteiger partial charge is 0.308 e. The van der Waals surface area contributed by atoms with E-state index in [0.717, 1.165) is 0 Å². The van der Waals surface area contributed by atoms with Crippen molar-refractivity contribution in [1.29, 1.82) is 0 Å². The predicted molar refractivity (Wildman–Crippen MR) is 252 cm³/mol. The first-order valence-electron chi connectivity index (χ1n) is 24.2. The van der Waals surface area contributed by atoms with E-state index in [1.165, 1.54) is 0 Å². The number of carbonyl (C=O) groups excluding carboxylic acids is 2. The van der Waals surface area contributed by atoms with Gasteiger partial charge >= 0.3 is 5.97 Å².